The minimum atomic E-state index is -0.618. The van der Waals surface area contributed by atoms with Gasteiger partial charge in [0.15, 0.2) is 0 Å². The highest BCUT2D eigenvalue weighted by Gasteiger charge is 2.12. The lowest BCUT2D eigenvalue weighted by atomic mass is 10.1. The molecule has 0 unspecified atom stereocenters. The Morgan fingerprint density at radius 3 is 2.72 bits per heavy atom. The summed E-state index contributed by atoms with van der Waals surface area (Å²) in [6.07, 6.45) is 6.72. The molecular formula is C18H21N5O2. The average molecular weight is 339 g/mol. The topological polar surface area (TPSA) is 94.1 Å². The van der Waals surface area contributed by atoms with Crippen LogP contribution >= 0.6 is 0 Å². The Bertz CT molecular complexity index is 844. The molecule has 2 aromatic heterocycles. The largest absolute Gasteiger partial charge is 0.361 e. The first kappa shape index (κ1) is 16.9. The minimum absolute atomic E-state index is 0.222. The number of nitrogens with zero attached hydrogens (tertiary/aromatic N) is 3. The van der Waals surface area contributed by atoms with Crippen molar-refractivity contribution in [3.05, 3.63) is 54.0 Å². The fraction of sp³-hybridized carbons (Fsp3) is 0.278. The summed E-state index contributed by atoms with van der Waals surface area (Å²) in [5.74, 6) is -0.0384. The van der Waals surface area contributed by atoms with Crippen molar-refractivity contribution in [2.24, 2.45) is 0 Å². The second-order valence-corrected chi connectivity index (χ2v) is 5.81. The van der Waals surface area contributed by atoms with Crippen LogP contribution in [0.4, 0.5) is 5.95 Å². The summed E-state index contributed by atoms with van der Waals surface area (Å²) in [6.45, 7) is 3.71. The summed E-state index contributed by atoms with van der Waals surface area (Å²) in [7, 11) is 0. The second-order valence-electron chi connectivity index (χ2n) is 5.81. The Balaban J connectivity index is 1.74. The van der Waals surface area contributed by atoms with Gasteiger partial charge in [0.25, 0.3) is 5.91 Å². The lowest BCUT2D eigenvalue weighted by molar-refractivity contribution is 0.0705. The van der Waals surface area contributed by atoms with Gasteiger partial charge in [-0.1, -0.05) is 25.1 Å². The molecule has 0 aliphatic heterocycles. The van der Waals surface area contributed by atoms with Crippen molar-refractivity contribution in [2.75, 3.05) is 18.0 Å². The summed E-state index contributed by atoms with van der Waals surface area (Å²) in [5, 5.41) is 9.89. The van der Waals surface area contributed by atoms with Gasteiger partial charge in [-0.05, 0) is 24.5 Å². The quantitative estimate of drug-likeness (QED) is 0.454. The molecule has 0 radical (unpaired) electrons. The Morgan fingerprint density at radius 2 is 2.00 bits per heavy atom. The van der Waals surface area contributed by atoms with Gasteiger partial charge in [-0.15, -0.1) is 0 Å². The van der Waals surface area contributed by atoms with E-state index in [0.717, 1.165) is 31.4 Å². The first-order chi connectivity index (χ1) is 12.2. The van der Waals surface area contributed by atoms with E-state index in [1.54, 1.807) is 5.48 Å². The molecule has 0 saturated carbocycles. The normalized spacial score (nSPS) is 10.8. The Morgan fingerprint density at radius 1 is 1.24 bits per heavy atom. The van der Waals surface area contributed by atoms with E-state index in [2.05, 4.69) is 38.9 Å². The number of nitrogens with one attached hydrogen (secondary N) is 2. The summed E-state index contributed by atoms with van der Waals surface area (Å²) in [5.41, 5.74) is 4.19. The van der Waals surface area contributed by atoms with Gasteiger partial charge in [0.05, 0.1) is 5.56 Å². The first-order valence-corrected chi connectivity index (χ1v) is 8.29. The Hall–Kier alpha value is -2.93. The van der Waals surface area contributed by atoms with Crippen LogP contribution in [0, 0.1) is 0 Å². The van der Waals surface area contributed by atoms with E-state index in [9.17, 15) is 4.79 Å². The van der Waals surface area contributed by atoms with Crippen LogP contribution in [0.3, 0.4) is 0 Å². The molecule has 0 bridgehead atoms. The third-order valence-corrected chi connectivity index (χ3v) is 4.10. The number of amides is 1. The molecule has 25 heavy (non-hydrogen) atoms. The van der Waals surface area contributed by atoms with Gasteiger partial charge in [0, 0.05) is 42.6 Å². The van der Waals surface area contributed by atoms with Crippen LogP contribution in [-0.2, 0) is 6.42 Å². The average Bonchev–Trinajstić information content (AvgIpc) is 3.08. The van der Waals surface area contributed by atoms with Crippen LogP contribution < -0.4 is 10.4 Å². The molecule has 1 amide bonds. The number of H-pyrrole nitrogens is 1. The van der Waals surface area contributed by atoms with Gasteiger partial charge >= 0.3 is 0 Å². The molecule has 0 spiro atoms. The first-order valence-electron chi connectivity index (χ1n) is 8.29. The molecule has 0 fully saturated rings. The molecule has 3 rings (SSSR count). The van der Waals surface area contributed by atoms with Crippen molar-refractivity contribution in [3.63, 3.8) is 0 Å². The number of aromatic amines is 1. The van der Waals surface area contributed by atoms with Crippen molar-refractivity contribution in [3.8, 4) is 0 Å². The number of rotatable bonds is 7. The standard InChI is InChI=1S/C18H21N5O2/c1-2-8-23(18-20-11-14(12-21-18)17(24)22-25)9-7-13-10-19-16-6-4-3-5-15(13)16/h3-6,10-12,19,25H,2,7-9H2,1H3,(H,22,24). The summed E-state index contributed by atoms with van der Waals surface area (Å²) < 4.78 is 0. The predicted octanol–water partition coefficient (Wildman–Crippen LogP) is 2.54. The number of benzene rings is 1. The zero-order valence-electron chi connectivity index (χ0n) is 14.1. The van der Waals surface area contributed by atoms with Crippen LogP contribution in [0.2, 0.25) is 0 Å². The number of fused-ring (bicyclic) bond motifs is 1. The van der Waals surface area contributed by atoms with E-state index >= 15 is 0 Å². The number of aromatic nitrogens is 3. The van der Waals surface area contributed by atoms with E-state index in [1.807, 2.05) is 18.3 Å². The molecule has 7 heteroatoms. The lowest BCUT2D eigenvalue weighted by Gasteiger charge is -2.21. The van der Waals surface area contributed by atoms with E-state index in [-0.39, 0.29) is 5.56 Å². The third-order valence-electron chi connectivity index (χ3n) is 4.10. The SMILES string of the molecule is CCCN(CCc1c[nH]c2ccccc12)c1ncc(C(=O)NO)cn1. The Kier molecular flexibility index (Phi) is 5.25. The van der Waals surface area contributed by atoms with Gasteiger partial charge in [-0.2, -0.15) is 0 Å². The molecule has 2 heterocycles. The maximum atomic E-state index is 11.4. The highest BCUT2D eigenvalue weighted by molar-refractivity contribution is 5.92. The van der Waals surface area contributed by atoms with E-state index in [1.165, 1.54) is 23.3 Å². The van der Waals surface area contributed by atoms with Crippen LogP contribution in [-0.4, -0.2) is 39.2 Å². The molecule has 0 aliphatic rings. The third kappa shape index (κ3) is 3.77. The smallest absolute Gasteiger partial charge is 0.277 e. The van der Waals surface area contributed by atoms with Crippen molar-refractivity contribution >= 4 is 22.8 Å². The summed E-state index contributed by atoms with van der Waals surface area (Å²) in [4.78, 5) is 25.3. The number of para-hydroxylation sites is 1. The number of carbonyl (C=O) groups is 1. The predicted molar refractivity (Wildman–Crippen MR) is 95.8 cm³/mol. The second kappa shape index (κ2) is 7.76. The van der Waals surface area contributed by atoms with Crippen molar-refractivity contribution in [1.82, 2.24) is 20.4 Å². The summed E-state index contributed by atoms with van der Waals surface area (Å²) in [6, 6.07) is 8.24. The molecule has 3 aromatic rings. The Labute approximate surface area is 145 Å². The van der Waals surface area contributed by atoms with Crippen LogP contribution in [0.25, 0.3) is 10.9 Å². The highest BCUT2D eigenvalue weighted by Crippen LogP contribution is 2.19. The van der Waals surface area contributed by atoms with Crippen LogP contribution in [0.5, 0.6) is 0 Å². The zero-order chi connectivity index (χ0) is 17.6. The molecule has 0 aliphatic carbocycles. The van der Waals surface area contributed by atoms with Gasteiger partial charge < -0.3 is 9.88 Å². The molecule has 3 N–H and O–H groups in total. The number of hydrogen-bond acceptors (Lipinski definition) is 5. The molecule has 130 valence electrons. The van der Waals surface area contributed by atoms with E-state index < -0.39 is 5.91 Å². The fourth-order valence-electron chi connectivity index (χ4n) is 2.84. The number of hydrogen-bond donors (Lipinski definition) is 3. The van der Waals surface area contributed by atoms with Gasteiger partial charge in [0.1, 0.15) is 0 Å². The van der Waals surface area contributed by atoms with Gasteiger partial charge in [0.2, 0.25) is 5.95 Å². The molecule has 0 atom stereocenters. The van der Waals surface area contributed by atoms with E-state index in [4.69, 9.17) is 5.21 Å². The monoisotopic (exact) mass is 339 g/mol. The highest BCUT2D eigenvalue weighted by atomic mass is 16.5. The van der Waals surface area contributed by atoms with Crippen LogP contribution in [0.15, 0.2) is 42.9 Å². The molecule has 7 nitrogen and oxygen atoms in total. The van der Waals surface area contributed by atoms with Crippen LogP contribution in [0.1, 0.15) is 29.3 Å². The van der Waals surface area contributed by atoms with Gasteiger partial charge in [-0.25, -0.2) is 15.4 Å². The zero-order valence-corrected chi connectivity index (χ0v) is 14.1. The van der Waals surface area contributed by atoms with E-state index in [0.29, 0.717) is 5.95 Å². The van der Waals surface area contributed by atoms with Gasteiger partial charge in [-0.3, -0.25) is 10.0 Å². The number of anilines is 1. The molecular weight excluding hydrogens is 318 g/mol. The lowest BCUT2D eigenvalue weighted by Crippen LogP contribution is -2.29. The summed E-state index contributed by atoms with van der Waals surface area (Å²) >= 11 is 0. The number of carbonyl (C=O) groups excluding carboxylic acids is 1. The number of hydroxylamine groups is 1. The van der Waals surface area contributed by atoms with Crippen molar-refractivity contribution in [2.45, 2.75) is 19.8 Å². The van der Waals surface area contributed by atoms with Crippen molar-refractivity contribution in [1.29, 1.82) is 0 Å². The maximum Gasteiger partial charge on any atom is 0.277 e. The van der Waals surface area contributed by atoms with Crippen molar-refractivity contribution < 1.29 is 10.0 Å². The molecule has 0 saturated heterocycles. The fourth-order valence-corrected chi connectivity index (χ4v) is 2.84. The minimum Gasteiger partial charge on any atom is -0.361 e. The molecule has 1 aromatic carbocycles. The maximum absolute atomic E-state index is 11.4.